The van der Waals surface area contributed by atoms with Crippen molar-refractivity contribution in [3.63, 3.8) is 0 Å². The second-order valence-electron chi connectivity index (χ2n) is 9.05. The highest BCUT2D eigenvalue weighted by Gasteiger charge is 2.40. The Balaban J connectivity index is 1.56. The van der Waals surface area contributed by atoms with E-state index in [2.05, 4.69) is 11.3 Å². The Morgan fingerprint density at radius 2 is 2.13 bits per heavy atom. The van der Waals surface area contributed by atoms with Crippen molar-refractivity contribution in [1.29, 1.82) is 0 Å². The van der Waals surface area contributed by atoms with E-state index < -0.39 is 0 Å². The van der Waals surface area contributed by atoms with Crippen LogP contribution in [0.25, 0.3) is 11.1 Å². The topological polar surface area (TPSA) is 86.1 Å². The molecule has 1 amide bonds. The van der Waals surface area contributed by atoms with Gasteiger partial charge in [0.25, 0.3) is 0 Å². The van der Waals surface area contributed by atoms with Gasteiger partial charge in [-0.15, -0.1) is 0 Å². The van der Waals surface area contributed by atoms with Crippen LogP contribution < -0.4 is 9.64 Å². The molecule has 8 heteroatoms. The third-order valence-corrected chi connectivity index (χ3v) is 6.63. The number of hydrogen-bond donors (Lipinski definition) is 1. The summed E-state index contributed by atoms with van der Waals surface area (Å²) in [5.41, 5.74) is 3.40. The number of aliphatic hydroxyl groups is 1. The van der Waals surface area contributed by atoms with Crippen LogP contribution in [0, 0.1) is 5.41 Å². The van der Waals surface area contributed by atoms with E-state index in [-0.39, 0.29) is 24.2 Å². The first-order chi connectivity index (χ1) is 15.0. The minimum absolute atomic E-state index is 0.0162. The average molecular weight is 428 g/mol. The van der Waals surface area contributed by atoms with Crippen molar-refractivity contribution in [3.05, 3.63) is 30.1 Å². The van der Waals surface area contributed by atoms with Crippen LogP contribution in [0.1, 0.15) is 37.8 Å². The van der Waals surface area contributed by atoms with Gasteiger partial charge in [-0.3, -0.25) is 9.58 Å². The van der Waals surface area contributed by atoms with E-state index in [0.29, 0.717) is 25.9 Å². The zero-order chi connectivity index (χ0) is 21.6. The van der Waals surface area contributed by atoms with Gasteiger partial charge in [-0.2, -0.15) is 5.10 Å². The number of carbonyl (C=O) groups is 1. The third kappa shape index (κ3) is 3.57. The Morgan fingerprint density at radius 3 is 2.77 bits per heavy atom. The van der Waals surface area contributed by atoms with Crippen LogP contribution in [0.2, 0.25) is 0 Å². The van der Waals surface area contributed by atoms with Crippen molar-refractivity contribution in [2.75, 3.05) is 38.4 Å². The first-order valence-corrected chi connectivity index (χ1v) is 10.9. The minimum Gasteiger partial charge on any atom is -0.492 e. The summed E-state index contributed by atoms with van der Waals surface area (Å²) in [7, 11) is 1.41. The molecule has 1 saturated heterocycles. The molecule has 166 valence electrons. The normalized spacial score (nSPS) is 21.9. The number of methoxy groups -OCH3 is 1. The zero-order valence-corrected chi connectivity index (χ0v) is 18.0. The maximum absolute atomic E-state index is 12.5. The van der Waals surface area contributed by atoms with Crippen molar-refractivity contribution >= 4 is 11.8 Å². The molecule has 1 unspecified atom stereocenters. The van der Waals surface area contributed by atoms with Gasteiger partial charge >= 0.3 is 6.09 Å². The number of anilines is 1. The molecule has 1 N–H and O–H groups in total. The molecule has 1 aromatic heterocycles. The van der Waals surface area contributed by atoms with E-state index in [1.165, 1.54) is 20.0 Å². The van der Waals surface area contributed by atoms with E-state index in [1.54, 1.807) is 4.90 Å². The van der Waals surface area contributed by atoms with Gasteiger partial charge in [0, 0.05) is 28.9 Å². The highest BCUT2D eigenvalue weighted by Crippen LogP contribution is 2.44. The van der Waals surface area contributed by atoms with Gasteiger partial charge in [-0.05, 0) is 44.7 Å². The van der Waals surface area contributed by atoms with Crippen LogP contribution in [0.4, 0.5) is 10.5 Å². The molecule has 0 spiro atoms. The van der Waals surface area contributed by atoms with E-state index in [4.69, 9.17) is 14.2 Å². The van der Waals surface area contributed by atoms with Crippen LogP contribution in [0.5, 0.6) is 5.75 Å². The monoisotopic (exact) mass is 427 g/mol. The molecular formula is C23H29N3O5. The molecule has 1 aliphatic carbocycles. The van der Waals surface area contributed by atoms with Crippen LogP contribution in [-0.2, 0) is 15.9 Å². The van der Waals surface area contributed by atoms with Crippen molar-refractivity contribution in [2.45, 2.75) is 44.7 Å². The summed E-state index contributed by atoms with van der Waals surface area (Å²) in [4.78, 5) is 14.2. The zero-order valence-electron chi connectivity index (χ0n) is 18.0. The molecule has 2 aliphatic heterocycles. The first-order valence-electron chi connectivity index (χ1n) is 10.9. The van der Waals surface area contributed by atoms with Crippen LogP contribution in [-0.4, -0.2) is 60.6 Å². The van der Waals surface area contributed by atoms with E-state index in [9.17, 15) is 9.90 Å². The Kier molecular flexibility index (Phi) is 5.14. The lowest BCUT2D eigenvalue weighted by molar-refractivity contribution is -0.153. The molecule has 31 heavy (non-hydrogen) atoms. The van der Waals surface area contributed by atoms with Gasteiger partial charge in [-0.1, -0.05) is 0 Å². The number of hydrogen-bond acceptors (Lipinski definition) is 6. The molecule has 5 rings (SSSR count). The quantitative estimate of drug-likeness (QED) is 0.762. The maximum atomic E-state index is 12.5. The highest BCUT2D eigenvalue weighted by atomic mass is 16.5. The largest absolute Gasteiger partial charge is 0.492 e. The SMILES string of the molecule is COC(=O)N1c2ccc(-c3cnn(C4CC4)c3)c(OCC3(CO)COC3)c2CCC1C. The highest BCUT2D eigenvalue weighted by molar-refractivity contribution is 5.92. The molecule has 2 aromatic rings. The minimum atomic E-state index is -0.373. The van der Waals surface area contributed by atoms with Gasteiger partial charge in [-0.25, -0.2) is 4.79 Å². The summed E-state index contributed by atoms with van der Waals surface area (Å²) in [5, 5.41) is 14.4. The number of benzene rings is 1. The average Bonchev–Trinajstić information content (AvgIpc) is 3.49. The number of nitrogens with zero attached hydrogens (tertiary/aromatic N) is 3. The smallest absolute Gasteiger partial charge is 0.414 e. The van der Waals surface area contributed by atoms with Crippen molar-refractivity contribution in [1.82, 2.24) is 9.78 Å². The predicted octanol–water partition coefficient (Wildman–Crippen LogP) is 3.18. The first kappa shape index (κ1) is 20.3. The lowest BCUT2D eigenvalue weighted by atomic mass is 9.88. The van der Waals surface area contributed by atoms with Gasteiger partial charge in [0.1, 0.15) is 12.4 Å². The summed E-state index contributed by atoms with van der Waals surface area (Å²) in [5.74, 6) is 0.758. The third-order valence-electron chi connectivity index (χ3n) is 6.63. The summed E-state index contributed by atoms with van der Waals surface area (Å²) in [6.07, 6.45) is 7.53. The molecule has 0 bridgehead atoms. The molecule has 3 heterocycles. The van der Waals surface area contributed by atoms with Crippen LogP contribution >= 0.6 is 0 Å². The van der Waals surface area contributed by atoms with Gasteiger partial charge in [0.2, 0.25) is 0 Å². The van der Waals surface area contributed by atoms with Crippen LogP contribution in [0.3, 0.4) is 0 Å². The van der Waals surface area contributed by atoms with Crippen LogP contribution in [0.15, 0.2) is 24.5 Å². The number of aromatic nitrogens is 2. The summed E-state index contributed by atoms with van der Waals surface area (Å²) in [6.45, 7) is 3.37. The number of amides is 1. The maximum Gasteiger partial charge on any atom is 0.414 e. The van der Waals surface area contributed by atoms with E-state index in [0.717, 1.165) is 41.0 Å². The molecule has 0 radical (unpaired) electrons. The Hall–Kier alpha value is -2.58. The number of ether oxygens (including phenoxy) is 3. The molecule has 1 aromatic carbocycles. The van der Waals surface area contributed by atoms with Crippen molar-refractivity contribution in [3.8, 4) is 16.9 Å². The fourth-order valence-electron chi connectivity index (χ4n) is 4.43. The number of fused-ring (bicyclic) bond motifs is 1. The Bertz CT molecular complexity index is 974. The van der Waals surface area contributed by atoms with E-state index >= 15 is 0 Å². The van der Waals surface area contributed by atoms with Gasteiger partial charge in [0.05, 0.1) is 50.3 Å². The molecule has 8 nitrogen and oxygen atoms in total. The van der Waals surface area contributed by atoms with Gasteiger partial charge in [0.15, 0.2) is 0 Å². The lowest BCUT2D eigenvalue weighted by Gasteiger charge is -2.40. The summed E-state index contributed by atoms with van der Waals surface area (Å²) < 4.78 is 18.8. The number of rotatable bonds is 6. The second kappa shape index (κ2) is 7.84. The predicted molar refractivity (Wildman–Crippen MR) is 114 cm³/mol. The van der Waals surface area contributed by atoms with E-state index in [1.807, 2.05) is 29.9 Å². The summed E-state index contributed by atoms with van der Waals surface area (Å²) in [6, 6.07) is 4.52. The summed E-state index contributed by atoms with van der Waals surface area (Å²) >= 11 is 0. The lowest BCUT2D eigenvalue weighted by Crippen LogP contribution is -2.50. The Labute approximate surface area is 181 Å². The fourth-order valence-corrected chi connectivity index (χ4v) is 4.43. The molecule has 3 aliphatic rings. The fraction of sp³-hybridized carbons (Fsp3) is 0.565. The molecular weight excluding hydrogens is 398 g/mol. The van der Waals surface area contributed by atoms with Crippen molar-refractivity contribution < 1.29 is 24.1 Å². The van der Waals surface area contributed by atoms with Crippen molar-refractivity contribution in [2.24, 2.45) is 5.41 Å². The standard InChI is InChI=1S/C23H29N3O5/c1-15-3-6-19-20(26(15)22(28)29-2)8-7-18(16-9-24-25(10-16)17-4-5-17)21(19)31-14-23(11-27)12-30-13-23/h7-10,15,17,27H,3-6,11-14H2,1-2H3. The molecule has 2 fully saturated rings. The Morgan fingerprint density at radius 1 is 1.32 bits per heavy atom. The van der Waals surface area contributed by atoms with Gasteiger partial charge < -0.3 is 19.3 Å². The second-order valence-corrected chi connectivity index (χ2v) is 9.05. The number of aliphatic hydroxyl groups excluding tert-OH is 1. The molecule has 1 saturated carbocycles. The number of carbonyl (C=O) groups excluding carboxylic acids is 1. The molecule has 1 atom stereocenters.